The minimum Gasteiger partial charge on any atom is -1.00 e. The van der Waals surface area contributed by atoms with Gasteiger partial charge in [-0.15, -0.1) is 8.58 Å². The summed E-state index contributed by atoms with van der Waals surface area (Å²) in [5.41, 5.74) is 4.14. The molecular formula is C20H43Cl2P2Ti. The van der Waals surface area contributed by atoms with Gasteiger partial charge in [0.25, 0.3) is 0 Å². The van der Waals surface area contributed by atoms with Gasteiger partial charge in [-0.1, -0.05) is 61.8 Å². The summed E-state index contributed by atoms with van der Waals surface area (Å²) in [6, 6.07) is 0. The monoisotopic (exact) mass is 463 g/mol. The van der Waals surface area contributed by atoms with Crippen LogP contribution in [-0.2, 0) is 19.9 Å². The molecule has 0 radical (unpaired) electrons. The first-order valence-corrected chi connectivity index (χ1v) is 14.0. The quantitative estimate of drug-likeness (QED) is 0.441. The molecule has 0 aromatic heterocycles. The molecule has 0 aromatic carbocycles. The average molecular weight is 464 g/mol. The minimum absolute atomic E-state index is 0. The molecule has 0 saturated heterocycles. The van der Waals surface area contributed by atoms with Gasteiger partial charge < -0.3 is 24.8 Å². The molecule has 1 saturated carbocycles. The maximum absolute atomic E-state index is 2.47. The van der Waals surface area contributed by atoms with E-state index in [0.29, 0.717) is 16.2 Å². The van der Waals surface area contributed by atoms with Gasteiger partial charge in [0, 0.05) is 0 Å². The van der Waals surface area contributed by atoms with E-state index in [4.69, 9.17) is 0 Å². The number of hydrogen-bond donors (Lipinski definition) is 0. The van der Waals surface area contributed by atoms with Crippen LogP contribution in [0.5, 0.6) is 0 Å². The molecule has 1 fully saturated rings. The fraction of sp³-hybridized carbons (Fsp3) is 1.00. The van der Waals surface area contributed by atoms with Crippen molar-refractivity contribution in [1.29, 1.82) is 0 Å². The molecule has 1 aliphatic rings. The molecule has 1 rings (SSSR count). The van der Waals surface area contributed by atoms with Crippen LogP contribution < -0.4 is 24.8 Å². The van der Waals surface area contributed by atoms with Crippen LogP contribution in [0.2, 0.25) is 0 Å². The third-order valence-corrected chi connectivity index (χ3v) is 10.4. The molecule has 3 unspecified atom stereocenters. The Hall–Kier alpha value is 2.15. The summed E-state index contributed by atoms with van der Waals surface area (Å²) < 4.78 is 0. The molecule has 1 aliphatic carbocycles. The Morgan fingerprint density at radius 1 is 0.880 bits per heavy atom. The van der Waals surface area contributed by atoms with Crippen LogP contribution in [0.25, 0.3) is 0 Å². The number of rotatable bonds is 3. The van der Waals surface area contributed by atoms with Crippen LogP contribution in [0, 0.1) is 16.2 Å². The molecule has 0 heterocycles. The SMILES string of the molecule is CC(C)PC1CCCC(C(C)(C)C)(C(C)(C)C)C1.CC(C)[PH][Ti+2].[Cl-].[Cl-]. The molecule has 0 N–H and O–H groups in total. The smallest absolute Gasteiger partial charge is 1.00 e. The zero-order chi connectivity index (χ0) is 18.5. The standard InChI is InChI=1S/C17H35P.C3H8P.2ClH.Ti/c1-13(2)18-14-10-9-11-17(12-14,15(3,4)5)16(6,7)8;1-3(2)4;;;/h13-14,18H,9-12H2,1-8H3;3-4H,1-2H3;2*1H;/q;-1;;;+3/p-2. The van der Waals surface area contributed by atoms with Crippen LogP contribution in [-0.4, -0.2) is 17.0 Å². The zero-order valence-electron chi connectivity index (χ0n) is 18.3. The molecule has 0 amide bonds. The van der Waals surface area contributed by atoms with Gasteiger partial charge in [-0.2, -0.15) is 0 Å². The summed E-state index contributed by atoms with van der Waals surface area (Å²) >= 11 is 2.23. The van der Waals surface area contributed by atoms with Gasteiger partial charge in [0.1, 0.15) is 0 Å². The van der Waals surface area contributed by atoms with E-state index in [9.17, 15) is 0 Å². The Morgan fingerprint density at radius 3 is 1.56 bits per heavy atom. The normalized spacial score (nSPS) is 21.3. The van der Waals surface area contributed by atoms with E-state index >= 15 is 0 Å². The largest absolute Gasteiger partial charge is 1.00 e. The molecule has 0 aliphatic heterocycles. The van der Waals surface area contributed by atoms with Crippen molar-refractivity contribution in [3.05, 3.63) is 0 Å². The van der Waals surface area contributed by atoms with Crippen LogP contribution in [0.1, 0.15) is 94.9 Å². The van der Waals surface area contributed by atoms with E-state index in [1.54, 1.807) is 0 Å². The summed E-state index contributed by atoms with van der Waals surface area (Å²) in [5, 5.41) is 0. The maximum Gasteiger partial charge on any atom is -1.00 e. The molecule has 25 heavy (non-hydrogen) atoms. The topological polar surface area (TPSA) is 0 Å². The summed E-state index contributed by atoms with van der Waals surface area (Å²) in [6.45, 7) is 25.2. The van der Waals surface area contributed by atoms with Crippen molar-refractivity contribution < 1.29 is 44.7 Å². The van der Waals surface area contributed by atoms with E-state index < -0.39 is 0 Å². The maximum atomic E-state index is 2.47. The predicted octanol–water partition coefficient (Wildman–Crippen LogP) is 1.64. The fourth-order valence-corrected chi connectivity index (χ4v) is 6.16. The second kappa shape index (κ2) is 13.4. The summed E-state index contributed by atoms with van der Waals surface area (Å²) in [5.74, 6) is 0. The Kier molecular flexibility index (Phi) is 17.1. The molecule has 0 aromatic rings. The predicted molar refractivity (Wildman–Crippen MR) is 111 cm³/mol. The summed E-state index contributed by atoms with van der Waals surface area (Å²) in [4.78, 5) is 0. The second-order valence-corrected chi connectivity index (χ2v) is 15.1. The van der Waals surface area contributed by atoms with Crippen LogP contribution >= 0.6 is 15.2 Å². The van der Waals surface area contributed by atoms with Gasteiger partial charge in [0.15, 0.2) is 0 Å². The minimum atomic E-state index is 0. The molecule has 3 atom stereocenters. The van der Waals surface area contributed by atoms with Crippen molar-refractivity contribution in [1.82, 2.24) is 0 Å². The first-order chi connectivity index (χ1) is 10.3. The zero-order valence-corrected chi connectivity index (χ0v) is 23.4. The molecule has 5 heteroatoms. The van der Waals surface area contributed by atoms with Crippen molar-refractivity contribution in [3.63, 3.8) is 0 Å². The van der Waals surface area contributed by atoms with Crippen LogP contribution in [0.4, 0.5) is 0 Å². The first kappa shape index (κ1) is 31.8. The van der Waals surface area contributed by atoms with E-state index in [-0.39, 0.29) is 24.8 Å². The number of halogens is 2. The number of hydrogen-bond acceptors (Lipinski definition) is 0. The molecule has 0 spiro atoms. The van der Waals surface area contributed by atoms with Gasteiger partial charge in [0.2, 0.25) is 0 Å². The van der Waals surface area contributed by atoms with Crippen LogP contribution in [0.3, 0.4) is 0 Å². The van der Waals surface area contributed by atoms with Gasteiger partial charge in [-0.3, -0.25) is 0 Å². The average Bonchev–Trinajstić information content (AvgIpc) is 2.36. The fourth-order valence-electron chi connectivity index (χ4n) is 4.38. The third kappa shape index (κ3) is 10.5. The molecule has 151 valence electrons. The third-order valence-electron chi connectivity index (χ3n) is 5.48. The van der Waals surface area contributed by atoms with Gasteiger partial charge in [0.05, 0.1) is 0 Å². The molecule has 0 nitrogen and oxygen atoms in total. The second-order valence-electron chi connectivity index (χ2n) is 10.00. The van der Waals surface area contributed by atoms with E-state index in [0.717, 1.165) is 32.1 Å². The van der Waals surface area contributed by atoms with Crippen molar-refractivity contribution in [2.24, 2.45) is 16.2 Å². The van der Waals surface area contributed by atoms with Crippen molar-refractivity contribution in [3.8, 4) is 0 Å². The summed E-state index contributed by atoms with van der Waals surface area (Å²) in [7, 11) is 1.16. The van der Waals surface area contributed by atoms with Gasteiger partial charge in [-0.05, 0) is 46.8 Å². The van der Waals surface area contributed by atoms with E-state index in [1.807, 2.05) is 0 Å². The van der Waals surface area contributed by atoms with Crippen molar-refractivity contribution in [2.75, 3.05) is 0 Å². The Bertz CT molecular complexity index is 320. The Labute approximate surface area is 187 Å². The molecule has 0 bridgehead atoms. The van der Waals surface area contributed by atoms with Crippen LogP contribution in [0.15, 0.2) is 0 Å². The molecular weight excluding hydrogens is 421 g/mol. The van der Waals surface area contributed by atoms with Gasteiger partial charge >= 0.3 is 46.0 Å². The Morgan fingerprint density at radius 2 is 1.28 bits per heavy atom. The Balaban J connectivity index is -0.000000610. The van der Waals surface area contributed by atoms with E-state index in [2.05, 4.69) is 89.2 Å². The first-order valence-electron chi connectivity index (χ1n) is 9.45. The van der Waals surface area contributed by atoms with Crippen molar-refractivity contribution in [2.45, 2.75) is 112 Å². The van der Waals surface area contributed by atoms with E-state index in [1.165, 1.54) is 25.7 Å². The van der Waals surface area contributed by atoms with Gasteiger partial charge in [-0.25, -0.2) is 0 Å². The van der Waals surface area contributed by atoms with Crippen molar-refractivity contribution >= 4 is 15.2 Å². The summed E-state index contributed by atoms with van der Waals surface area (Å²) in [6.07, 6.45) is 5.80.